The first kappa shape index (κ1) is 24.3. The van der Waals surface area contributed by atoms with E-state index in [1.165, 1.54) is 0 Å². The Morgan fingerprint density at radius 3 is 2.13 bits per heavy atom. The van der Waals surface area contributed by atoms with E-state index in [2.05, 4.69) is 5.32 Å². The monoisotopic (exact) mass is 427 g/mol. The molecule has 0 heterocycles. The van der Waals surface area contributed by atoms with Gasteiger partial charge in [0.2, 0.25) is 0 Å². The number of carbonyl (C=O) groups excluding carboxylic acids is 2. The van der Waals surface area contributed by atoms with Gasteiger partial charge in [0, 0.05) is 0 Å². The van der Waals surface area contributed by atoms with Gasteiger partial charge in [0.25, 0.3) is 0 Å². The third-order valence-corrected chi connectivity index (χ3v) is 4.59. The highest BCUT2D eigenvalue weighted by Crippen LogP contribution is 2.20. The van der Waals surface area contributed by atoms with Gasteiger partial charge in [0.1, 0.15) is 23.5 Å². The number of amides is 1. The summed E-state index contributed by atoms with van der Waals surface area (Å²) < 4.78 is 16.3. The van der Waals surface area contributed by atoms with Gasteiger partial charge in [-0.15, -0.1) is 0 Å². The van der Waals surface area contributed by atoms with Crippen LogP contribution in [-0.2, 0) is 27.3 Å². The summed E-state index contributed by atoms with van der Waals surface area (Å²) in [6, 6.07) is 17.7. The molecule has 31 heavy (non-hydrogen) atoms. The fraction of sp³-hybridized carbons (Fsp3) is 0.440. The molecule has 0 aromatic heterocycles. The van der Waals surface area contributed by atoms with E-state index in [1.54, 1.807) is 34.6 Å². The predicted molar refractivity (Wildman–Crippen MR) is 120 cm³/mol. The summed E-state index contributed by atoms with van der Waals surface area (Å²) in [7, 11) is 0. The molecule has 2 aromatic rings. The van der Waals surface area contributed by atoms with Gasteiger partial charge >= 0.3 is 12.1 Å². The Balaban J connectivity index is 1.98. The van der Waals surface area contributed by atoms with E-state index in [0.29, 0.717) is 19.4 Å². The average molecular weight is 428 g/mol. The van der Waals surface area contributed by atoms with E-state index in [0.717, 1.165) is 16.9 Å². The minimum absolute atomic E-state index is 0.234. The zero-order chi connectivity index (χ0) is 22.9. The van der Waals surface area contributed by atoms with Crippen LogP contribution in [0.2, 0.25) is 0 Å². The Bertz CT molecular complexity index is 842. The first-order valence-corrected chi connectivity index (χ1v) is 10.6. The Labute approximate surface area is 184 Å². The SMILES string of the molecule is CCOC(=O)C(C)(CCc1ccc(OCc2ccccc2)cc1)NC(=O)OC(C)(C)C. The smallest absolute Gasteiger partial charge is 0.408 e. The highest BCUT2D eigenvalue weighted by atomic mass is 16.6. The molecule has 6 heteroatoms. The number of hydrogen-bond donors (Lipinski definition) is 1. The molecule has 1 amide bonds. The van der Waals surface area contributed by atoms with Crippen LogP contribution in [0.5, 0.6) is 5.75 Å². The molecule has 0 bridgehead atoms. The summed E-state index contributed by atoms with van der Waals surface area (Å²) in [6.45, 7) is 9.45. The summed E-state index contributed by atoms with van der Waals surface area (Å²) in [4.78, 5) is 24.8. The zero-order valence-corrected chi connectivity index (χ0v) is 19.1. The van der Waals surface area contributed by atoms with Crippen molar-refractivity contribution in [2.75, 3.05) is 6.61 Å². The first-order valence-electron chi connectivity index (χ1n) is 10.6. The van der Waals surface area contributed by atoms with Crippen molar-refractivity contribution in [3.63, 3.8) is 0 Å². The number of aryl methyl sites for hydroxylation is 1. The predicted octanol–water partition coefficient (Wildman–Crippen LogP) is 5.04. The maximum Gasteiger partial charge on any atom is 0.408 e. The molecule has 0 fully saturated rings. The van der Waals surface area contributed by atoms with Crippen molar-refractivity contribution >= 4 is 12.1 Å². The van der Waals surface area contributed by atoms with Crippen LogP contribution in [0.1, 0.15) is 52.2 Å². The van der Waals surface area contributed by atoms with Crippen LogP contribution >= 0.6 is 0 Å². The molecule has 0 aliphatic carbocycles. The molecule has 168 valence electrons. The topological polar surface area (TPSA) is 73.9 Å². The Morgan fingerprint density at radius 2 is 1.55 bits per heavy atom. The number of benzene rings is 2. The maximum atomic E-state index is 12.5. The van der Waals surface area contributed by atoms with Gasteiger partial charge in [-0.2, -0.15) is 0 Å². The number of esters is 1. The van der Waals surface area contributed by atoms with E-state index in [9.17, 15) is 9.59 Å². The van der Waals surface area contributed by atoms with Crippen molar-refractivity contribution in [1.29, 1.82) is 0 Å². The molecule has 0 spiro atoms. The van der Waals surface area contributed by atoms with Crippen LogP contribution < -0.4 is 10.1 Å². The van der Waals surface area contributed by atoms with Crippen molar-refractivity contribution in [2.24, 2.45) is 0 Å². The molecule has 0 radical (unpaired) electrons. The van der Waals surface area contributed by atoms with Gasteiger partial charge in [-0.25, -0.2) is 9.59 Å². The van der Waals surface area contributed by atoms with Gasteiger partial charge in [-0.05, 0) is 70.7 Å². The van der Waals surface area contributed by atoms with Crippen molar-refractivity contribution in [1.82, 2.24) is 5.32 Å². The zero-order valence-electron chi connectivity index (χ0n) is 19.1. The van der Waals surface area contributed by atoms with Gasteiger partial charge in [0.15, 0.2) is 0 Å². The van der Waals surface area contributed by atoms with Gasteiger partial charge in [-0.1, -0.05) is 42.5 Å². The fourth-order valence-corrected chi connectivity index (χ4v) is 2.92. The lowest BCUT2D eigenvalue weighted by atomic mass is 9.93. The number of hydrogen-bond acceptors (Lipinski definition) is 5. The summed E-state index contributed by atoms with van der Waals surface area (Å²) in [5.74, 6) is 0.288. The van der Waals surface area contributed by atoms with Crippen LogP contribution in [0.25, 0.3) is 0 Å². The minimum atomic E-state index is -1.19. The summed E-state index contributed by atoms with van der Waals surface area (Å²) in [5, 5.41) is 2.69. The maximum absolute atomic E-state index is 12.5. The number of nitrogens with one attached hydrogen (secondary N) is 1. The second-order valence-corrected chi connectivity index (χ2v) is 8.60. The highest BCUT2D eigenvalue weighted by molar-refractivity contribution is 5.85. The van der Waals surface area contributed by atoms with Crippen LogP contribution in [0.15, 0.2) is 54.6 Å². The minimum Gasteiger partial charge on any atom is -0.489 e. The van der Waals surface area contributed by atoms with Crippen molar-refractivity contribution < 1.29 is 23.8 Å². The van der Waals surface area contributed by atoms with Crippen molar-refractivity contribution in [3.8, 4) is 5.75 Å². The lowest BCUT2D eigenvalue weighted by Crippen LogP contribution is -2.54. The average Bonchev–Trinajstić information content (AvgIpc) is 2.71. The van der Waals surface area contributed by atoms with Crippen LogP contribution in [0.3, 0.4) is 0 Å². The lowest BCUT2D eigenvalue weighted by Gasteiger charge is -2.30. The molecule has 2 aromatic carbocycles. The van der Waals surface area contributed by atoms with Crippen molar-refractivity contribution in [2.45, 2.75) is 65.2 Å². The largest absolute Gasteiger partial charge is 0.489 e. The van der Waals surface area contributed by atoms with Crippen molar-refractivity contribution in [3.05, 3.63) is 65.7 Å². The Morgan fingerprint density at radius 1 is 0.903 bits per heavy atom. The van der Waals surface area contributed by atoms with Crippen LogP contribution in [0, 0.1) is 0 Å². The molecule has 1 unspecified atom stereocenters. The molecule has 0 saturated heterocycles. The number of ether oxygens (including phenoxy) is 3. The lowest BCUT2D eigenvalue weighted by molar-refractivity contribution is -0.150. The van der Waals surface area contributed by atoms with E-state index in [-0.39, 0.29) is 6.61 Å². The molecular weight excluding hydrogens is 394 g/mol. The van der Waals surface area contributed by atoms with E-state index in [4.69, 9.17) is 14.2 Å². The molecule has 1 N–H and O–H groups in total. The fourth-order valence-electron chi connectivity index (χ4n) is 2.92. The molecule has 6 nitrogen and oxygen atoms in total. The third kappa shape index (κ3) is 8.32. The second-order valence-electron chi connectivity index (χ2n) is 8.60. The molecule has 0 saturated carbocycles. The molecule has 0 aliphatic heterocycles. The summed E-state index contributed by atoms with van der Waals surface area (Å²) >= 11 is 0. The number of alkyl carbamates (subject to hydrolysis) is 1. The highest BCUT2D eigenvalue weighted by Gasteiger charge is 2.37. The molecule has 2 rings (SSSR count). The van der Waals surface area contributed by atoms with Gasteiger partial charge in [0.05, 0.1) is 6.61 Å². The van der Waals surface area contributed by atoms with Gasteiger partial charge in [-0.3, -0.25) is 0 Å². The normalized spacial score (nSPS) is 13.1. The Kier molecular flexibility index (Phi) is 8.48. The van der Waals surface area contributed by atoms with E-state index < -0.39 is 23.2 Å². The van der Waals surface area contributed by atoms with Crippen LogP contribution in [0.4, 0.5) is 4.79 Å². The van der Waals surface area contributed by atoms with E-state index >= 15 is 0 Å². The quantitative estimate of drug-likeness (QED) is 0.567. The summed E-state index contributed by atoms with van der Waals surface area (Å²) in [6.07, 6.45) is 0.298. The third-order valence-electron chi connectivity index (χ3n) is 4.59. The number of rotatable bonds is 9. The number of carbonyl (C=O) groups is 2. The summed E-state index contributed by atoms with van der Waals surface area (Å²) in [5.41, 5.74) is 0.273. The molecular formula is C25H33NO5. The first-order chi connectivity index (χ1) is 14.6. The molecule has 1 atom stereocenters. The van der Waals surface area contributed by atoms with Gasteiger partial charge < -0.3 is 19.5 Å². The standard InChI is InChI=1S/C25H33NO5/c1-6-29-22(27)25(5,26-23(28)31-24(2,3)4)17-16-19-12-14-21(15-13-19)30-18-20-10-8-7-9-11-20/h7-15H,6,16-18H2,1-5H3,(H,26,28). The molecule has 0 aliphatic rings. The van der Waals surface area contributed by atoms with Crippen LogP contribution in [-0.4, -0.2) is 29.8 Å². The van der Waals surface area contributed by atoms with E-state index in [1.807, 2.05) is 54.6 Å². The second kappa shape index (κ2) is 10.8. The Hall–Kier alpha value is -3.02.